The first-order valence-electron chi connectivity index (χ1n) is 9.73. The number of hydrogen-bond acceptors (Lipinski definition) is 6. The van der Waals surface area contributed by atoms with Crippen molar-refractivity contribution in [1.29, 1.82) is 0 Å². The Morgan fingerprint density at radius 1 is 1.16 bits per heavy atom. The molecule has 4 rings (SSSR count). The molecule has 0 saturated carbocycles. The van der Waals surface area contributed by atoms with E-state index in [1.54, 1.807) is 31.2 Å². The number of rotatable bonds is 6. The maximum absolute atomic E-state index is 15.0. The molecule has 164 valence electrons. The quantitative estimate of drug-likeness (QED) is 0.467. The number of nitrogens with one attached hydrogen (secondary N) is 1. The van der Waals surface area contributed by atoms with Crippen LogP contribution in [0.3, 0.4) is 0 Å². The molecule has 2 aromatic carbocycles. The highest BCUT2D eigenvalue weighted by molar-refractivity contribution is 5.66. The number of hydrogen-bond donors (Lipinski definition) is 2. The summed E-state index contributed by atoms with van der Waals surface area (Å²) in [6.45, 7) is 3.28. The predicted octanol–water partition coefficient (Wildman–Crippen LogP) is 4.20. The molecule has 2 N–H and O–H groups in total. The molecule has 0 aliphatic heterocycles. The summed E-state index contributed by atoms with van der Waals surface area (Å²) in [6.07, 6.45) is 0.271. The molecule has 2 aromatic heterocycles. The molecule has 0 aliphatic rings. The minimum atomic E-state index is -0.720. The Morgan fingerprint density at radius 3 is 2.66 bits per heavy atom. The molecule has 0 fully saturated rings. The van der Waals surface area contributed by atoms with Crippen molar-refractivity contribution in [1.82, 2.24) is 15.1 Å². The van der Waals surface area contributed by atoms with Crippen LogP contribution in [-0.2, 0) is 13.0 Å². The van der Waals surface area contributed by atoms with Crippen LogP contribution in [0, 0.1) is 25.5 Å². The van der Waals surface area contributed by atoms with Crippen LogP contribution in [0.25, 0.3) is 11.3 Å². The zero-order chi connectivity index (χ0) is 22.8. The average Bonchev–Trinajstić information content (AvgIpc) is 3.19. The van der Waals surface area contributed by atoms with Crippen LogP contribution in [0.1, 0.15) is 28.2 Å². The second-order valence-electron chi connectivity index (χ2n) is 7.27. The van der Waals surface area contributed by atoms with Gasteiger partial charge in [-0.1, -0.05) is 17.3 Å². The van der Waals surface area contributed by atoms with E-state index in [4.69, 9.17) is 4.74 Å². The molecule has 0 radical (unpaired) electrons. The van der Waals surface area contributed by atoms with Crippen molar-refractivity contribution < 1.29 is 23.1 Å². The van der Waals surface area contributed by atoms with Crippen LogP contribution in [0.2, 0.25) is 0 Å². The number of benzene rings is 2. The molecule has 2 heterocycles. The number of nitrogens with zero attached hydrogens (tertiary/aromatic N) is 2. The molecule has 0 bridgehead atoms. The van der Waals surface area contributed by atoms with Gasteiger partial charge >= 0.3 is 5.76 Å². The lowest BCUT2D eigenvalue weighted by atomic mass is 9.97. The molecule has 0 aliphatic carbocycles. The minimum Gasteiger partial charge on any atom is -0.506 e. The number of aromatic nitrogens is 3. The van der Waals surface area contributed by atoms with Crippen molar-refractivity contribution in [3.8, 4) is 22.8 Å². The largest absolute Gasteiger partial charge is 0.506 e. The van der Waals surface area contributed by atoms with Gasteiger partial charge in [-0.15, -0.1) is 0 Å². The molecule has 32 heavy (non-hydrogen) atoms. The Kier molecular flexibility index (Phi) is 5.72. The van der Waals surface area contributed by atoms with Crippen molar-refractivity contribution in [3.05, 3.63) is 92.9 Å². The van der Waals surface area contributed by atoms with Gasteiger partial charge in [-0.25, -0.2) is 18.6 Å². The van der Waals surface area contributed by atoms with E-state index in [0.717, 1.165) is 5.56 Å². The molecule has 4 aromatic rings. The zero-order valence-electron chi connectivity index (χ0n) is 17.3. The van der Waals surface area contributed by atoms with Crippen molar-refractivity contribution in [3.63, 3.8) is 0 Å². The van der Waals surface area contributed by atoms with Gasteiger partial charge in [-0.05, 0) is 60.9 Å². The second kappa shape index (κ2) is 8.62. The first-order chi connectivity index (χ1) is 15.3. The Hall–Kier alpha value is -4.01. The molecule has 9 heteroatoms. The highest BCUT2D eigenvalue weighted by Gasteiger charge is 2.18. The van der Waals surface area contributed by atoms with E-state index >= 15 is 0 Å². The summed E-state index contributed by atoms with van der Waals surface area (Å²) in [7, 11) is 0. The van der Waals surface area contributed by atoms with E-state index < -0.39 is 17.4 Å². The fraction of sp³-hybridized carbons (Fsp3) is 0.174. The van der Waals surface area contributed by atoms with Crippen molar-refractivity contribution in [2.45, 2.75) is 26.9 Å². The smallest absolute Gasteiger partial charge is 0.439 e. The minimum absolute atomic E-state index is 0.0123. The predicted molar refractivity (Wildman–Crippen MR) is 111 cm³/mol. The number of H-pyrrole nitrogens is 1. The molecule has 7 nitrogen and oxygen atoms in total. The van der Waals surface area contributed by atoms with Gasteiger partial charge in [0.2, 0.25) is 0 Å². The van der Waals surface area contributed by atoms with E-state index in [0.29, 0.717) is 16.8 Å². The van der Waals surface area contributed by atoms with E-state index in [9.17, 15) is 18.7 Å². The standard InChI is InChI=1S/C23H19F2N3O4/c1-12-9-19(31-11-20-27-23(30)32-28-20)21(25)13(2)16(12)10-14-7-8-18(29)22(26-14)15-5-3-4-6-17(15)24/h3-9,29H,10-11H2,1-2H3,(H,27,28,30). The third-order valence-electron chi connectivity index (χ3n) is 5.09. The second-order valence-corrected chi connectivity index (χ2v) is 7.27. The van der Waals surface area contributed by atoms with Crippen molar-refractivity contribution >= 4 is 0 Å². The number of aryl methyl sites for hydroxylation is 1. The highest BCUT2D eigenvalue weighted by Crippen LogP contribution is 2.32. The zero-order valence-corrected chi connectivity index (χ0v) is 17.3. The van der Waals surface area contributed by atoms with E-state index in [-0.39, 0.29) is 41.6 Å². The summed E-state index contributed by atoms with van der Waals surface area (Å²) in [5.74, 6) is -1.76. The molecule has 0 spiro atoms. The molecular formula is C23H19F2N3O4. The van der Waals surface area contributed by atoms with Gasteiger partial charge in [-0.2, -0.15) is 0 Å². The van der Waals surface area contributed by atoms with Gasteiger partial charge in [0.15, 0.2) is 17.4 Å². The summed E-state index contributed by atoms with van der Waals surface area (Å²) in [6, 6.07) is 10.6. The lowest BCUT2D eigenvalue weighted by Crippen LogP contribution is -2.06. The van der Waals surface area contributed by atoms with Gasteiger partial charge in [0.1, 0.15) is 23.9 Å². The van der Waals surface area contributed by atoms with Crippen LogP contribution in [0.5, 0.6) is 11.5 Å². The Labute approximate surface area is 181 Å². The summed E-state index contributed by atoms with van der Waals surface area (Å²) in [5, 5.41) is 13.7. The van der Waals surface area contributed by atoms with Crippen LogP contribution < -0.4 is 10.5 Å². The summed E-state index contributed by atoms with van der Waals surface area (Å²) < 4.78 is 39.0. The lowest BCUT2D eigenvalue weighted by molar-refractivity contribution is 0.271. The van der Waals surface area contributed by atoms with Gasteiger partial charge in [0.25, 0.3) is 0 Å². The Balaban J connectivity index is 1.62. The fourth-order valence-corrected chi connectivity index (χ4v) is 3.43. The number of ether oxygens (including phenoxy) is 1. The molecular weight excluding hydrogens is 420 g/mol. The van der Waals surface area contributed by atoms with E-state index in [1.807, 2.05) is 6.92 Å². The Bertz CT molecular complexity index is 1350. The fourth-order valence-electron chi connectivity index (χ4n) is 3.43. The van der Waals surface area contributed by atoms with Crippen LogP contribution in [0.4, 0.5) is 8.78 Å². The summed E-state index contributed by atoms with van der Waals surface area (Å²) >= 11 is 0. The maximum Gasteiger partial charge on any atom is 0.439 e. The number of aromatic hydroxyl groups is 1. The third-order valence-corrected chi connectivity index (χ3v) is 5.09. The van der Waals surface area contributed by atoms with Crippen LogP contribution in [0.15, 0.2) is 51.8 Å². The molecule has 0 unspecified atom stereocenters. The molecule has 0 amide bonds. The lowest BCUT2D eigenvalue weighted by Gasteiger charge is -2.15. The van der Waals surface area contributed by atoms with Crippen molar-refractivity contribution in [2.75, 3.05) is 0 Å². The summed E-state index contributed by atoms with van der Waals surface area (Å²) in [5.41, 5.74) is 2.67. The molecule has 0 atom stereocenters. The SMILES string of the molecule is Cc1cc(OCc2noc(=O)[nH]2)c(F)c(C)c1Cc1ccc(O)c(-c2ccccc2F)n1. The first kappa shape index (κ1) is 21.2. The monoisotopic (exact) mass is 439 g/mol. The van der Waals surface area contributed by atoms with Gasteiger partial charge in [0, 0.05) is 17.7 Å². The number of halogens is 2. The first-order valence-corrected chi connectivity index (χ1v) is 9.73. The number of aromatic amines is 1. The van der Waals surface area contributed by atoms with E-state index in [1.165, 1.54) is 18.2 Å². The maximum atomic E-state index is 15.0. The van der Waals surface area contributed by atoms with Crippen molar-refractivity contribution in [2.24, 2.45) is 0 Å². The third kappa shape index (κ3) is 4.22. The van der Waals surface area contributed by atoms with E-state index in [2.05, 4.69) is 19.6 Å². The van der Waals surface area contributed by atoms with Crippen LogP contribution >= 0.6 is 0 Å². The number of pyridine rings is 1. The van der Waals surface area contributed by atoms with Gasteiger partial charge < -0.3 is 9.84 Å². The highest BCUT2D eigenvalue weighted by atomic mass is 19.1. The van der Waals surface area contributed by atoms with Crippen LogP contribution in [-0.4, -0.2) is 20.2 Å². The topological polar surface area (TPSA) is 101 Å². The average molecular weight is 439 g/mol. The van der Waals surface area contributed by atoms with Gasteiger partial charge in [0.05, 0.1) is 0 Å². The molecule has 0 saturated heterocycles. The summed E-state index contributed by atoms with van der Waals surface area (Å²) in [4.78, 5) is 17.7. The Morgan fingerprint density at radius 2 is 1.94 bits per heavy atom. The normalized spacial score (nSPS) is 11.0. The van der Waals surface area contributed by atoms with Gasteiger partial charge in [-0.3, -0.25) is 9.51 Å².